The van der Waals surface area contributed by atoms with Gasteiger partial charge in [-0.1, -0.05) is 41.5 Å². The first-order valence-corrected chi connectivity index (χ1v) is 7.48. The lowest BCUT2D eigenvalue weighted by molar-refractivity contribution is 0.754. The van der Waals surface area contributed by atoms with Crippen LogP contribution in [0.15, 0.2) is 44.7 Å². The van der Waals surface area contributed by atoms with Gasteiger partial charge in [-0.05, 0) is 24.3 Å². The van der Waals surface area contributed by atoms with E-state index < -0.39 is 0 Å². The van der Waals surface area contributed by atoms with Crippen LogP contribution in [-0.2, 0) is 0 Å². The maximum absolute atomic E-state index is 5.45. The number of benzene rings is 1. The highest BCUT2D eigenvalue weighted by atomic mass is 79.9. The smallest absolute Gasteiger partial charge is 0.144 e. The molecule has 2 aromatic rings. The average molecular weight is 339 g/mol. The average Bonchev–Trinajstić information content (AvgIpc) is 2.41. The van der Waals surface area contributed by atoms with Gasteiger partial charge in [-0.25, -0.2) is 15.8 Å². The lowest BCUT2D eigenvalue weighted by Gasteiger charge is -2.09. The lowest BCUT2D eigenvalue weighted by Crippen LogP contribution is -2.11. The van der Waals surface area contributed by atoms with Crippen molar-refractivity contribution in [1.29, 1.82) is 0 Å². The number of hydrazine groups is 1. The molecule has 3 N–H and O–H groups in total. The quantitative estimate of drug-likeness (QED) is 0.504. The zero-order valence-corrected chi connectivity index (χ0v) is 13.1. The van der Waals surface area contributed by atoms with Gasteiger partial charge in [0, 0.05) is 21.4 Å². The van der Waals surface area contributed by atoms with Gasteiger partial charge in [-0.3, -0.25) is 0 Å². The molecule has 1 aromatic heterocycles. The molecule has 1 aromatic carbocycles. The number of nitrogens with two attached hydrogens (primary N) is 1. The molecule has 0 unspecified atom stereocenters. The fourth-order valence-corrected chi connectivity index (χ4v) is 2.54. The first-order valence-electron chi connectivity index (χ1n) is 5.87. The van der Waals surface area contributed by atoms with Gasteiger partial charge in [-0.2, -0.15) is 0 Å². The first kappa shape index (κ1) is 14.3. The molecule has 6 heteroatoms. The summed E-state index contributed by atoms with van der Waals surface area (Å²) in [5.41, 5.74) is 2.59. The molecule has 0 aliphatic rings. The van der Waals surface area contributed by atoms with Crippen LogP contribution in [0.1, 0.15) is 25.6 Å². The number of rotatable bonds is 4. The molecule has 0 spiro atoms. The van der Waals surface area contributed by atoms with E-state index in [2.05, 4.69) is 45.2 Å². The molecule has 100 valence electrons. The molecule has 1 heterocycles. The molecule has 0 fully saturated rings. The van der Waals surface area contributed by atoms with Crippen molar-refractivity contribution in [2.75, 3.05) is 5.43 Å². The molecule has 0 aliphatic heterocycles. The Morgan fingerprint density at radius 2 is 1.89 bits per heavy atom. The minimum absolute atomic E-state index is 0.262. The number of nitrogens with one attached hydrogen (secondary N) is 1. The number of nitrogens with zero attached hydrogens (tertiary/aromatic N) is 2. The molecule has 0 bridgehead atoms. The summed E-state index contributed by atoms with van der Waals surface area (Å²) in [4.78, 5) is 10.0. The van der Waals surface area contributed by atoms with E-state index in [0.29, 0.717) is 5.82 Å². The molecular formula is C13H15BrN4S. The molecular weight excluding hydrogens is 324 g/mol. The van der Waals surface area contributed by atoms with Crippen molar-refractivity contribution in [2.45, 2.75) is 29.7 Å². The van der Waals surface area contributed by atoms with Crippen molar-refractivity contribution in [1.82, 2.24) is 9.97 Å². The zero-order chi connectivity index (χ0) is 13.8. The van der Waals surface area contributed by atoms with E-state index in [-0.39, 0.29) is 5.92 Å². The minimum atomic E-state index is 0.262. The number of anilines is 1. The fraction of sp³-hybridized carbons (Fsp3) is 0.231. The Hall–Kier alpha value is -1.11. The van der Waals surface area contributed by atoms with Gasteiger partial charge in [0.2, 0.25) is 0 Å². The van der Waals surface area contributed by atoms with Crippen LogP contribution in [0.5, 0.6) is 0 Å². The van der Waals surface area contributed by atoms with E-state index in [1.165, 1.54) is 0 Å². The van der Waals surface area contributed by atoms with Gasteiger partial charge in [0.05, 0.1) is 0 Å². The van der Waals surface area contributed by atoms with E-state index in [4.69, 9.17) is 5.84 Å². The Morgan fingerprint density at radius 1 is 1.21 bits per heavy atom. The second-order valence-corrected chi connectivity index (χ2v) is 6.31. The summed E-state index contributed by atoms with van der Waals surface area (Å²) >= 11 is 5.01. The molecule has 4 nitrogen and oxygen atoms in total. The Bertz CT molecular complexity index is 557. The minimum Gasteiger partial charge on any atom is -0.308 e. The molecule has 0 atom stereocenters. The third kappa shape index (κ3) is 3.92. The molecule has 19 heavy (non-hydrogen) atoms. The number of nitrogen functional groups attached to an aromatic ring is 1. The van der Waals surface area contributed by atoms with Crippen LogP contribution in [0.2, 0.25) is 0 Å². The van der Waals surface area contributed by atoms with Crippen LogP contribution in [0.25, 0.3) is 0 Å². The van der Waals surface area contributed by atoms with Crippen LogP contribution >= 0.6 is 27.7 Å². The first-order chi connectivity index (χ1) is 9.08. The van der Waals surface area contributed by atoms with Gasteiger partial charge >= 0.3 is 0 Å². The number of hydrogen-bond acceptors (Lipinski definition) is 5. The lowest BCUT2D eigenvalue weighted by atomic mass is 10.2. The second kappa shape index (κ2) is 6.36. The maximum atomic E-state index is 5.45. The molecule has 0 saturated heterocycles. The standard InChI is InChI=1S/C13H15BrN4S/c1-8(2)13-16-11(18-15)7-12(17-13)19-10-5-3-9(14)4-6-10/h3-8H,15H2,1-2H3,(H,16,17,18). The zero-order valence-electron chi connectivity index (χ0n) is 10.7. The van der Waals surface area contributed by atoms with Gasteiger partial charge in [0.1, 0.15) is 16.7 Å². The van der Waals surface area contributed by atoms with Crippen molar-refractivity contribution in [3.63, 3.8) is 0 Å². The SMILES string of the molecule is CC(C)c1nc(NN)cc(Sc2ccc(Br)cc2)n1. The van der Waals surface area contributed by atoms with E-state index >= 15 is 0 Å². The molecule has 2 rings (SSSR count). The van der Waals surface area contributed by atoms with Crippen LogP contribution in [0.3, 0.4) is 0 Å². The predicted molar refractivity (Wildman–Crippen MR) is 82.2 cm³/mol. The molecule has 0 radical (unpaired) electrons. The number of aromatic nitrogens is 2. The van der Waals surface area contributed by atoms with E-state index in [1.54, 1.807) is 11.8 Å². The van der Waals surface area contributed by atoms with E-state index in [0.717, 1.165) is 20.2 Å². The van der Waals surface area contributed by atoms with Crippen LogP contribution in [0, 0.1) is 0 Å². The van der Waals surface area contributed by atoms with Crippen molar-refractivity contribution < 1.29 is 0 Å². The highest BCUT2D eigenvalue weighted by molar-refractivity contribution is 9.10. The van der Waals surface area contributed by atoms with Crippen LogP contribution < -0.4 is 11.3 Å². The number of halogens is 1. The summed E-state index contributed by atoms with van der Waals surface area (Å²) in [5, 5.41) is 0.883. The number of hydrogen-bond donors (Lipinski definition) is 2. The summed E-state index contributed by atoms with van der Waals surface area (Å²) in [6.07, 6.45) is 0. The van der Waals surface area contributed by atoms with Crippen molar-refractivity contribution >= 4 is 33.5 Å². The highest BCUT2D eigenvalue weighted by Crippen LogP contribution is 2.29. The van der Waals surface area contributed by atoms with Gasteiger partial charge < -0.3 is 5.43 Å². The van der Waals surface area contributed by atoms with Crippen molar-refractivity contribution in [3.05, 3.63) is 40.6 Å². The second-order valence-electron chi connectivity index (χ2n) is 4.30. The van der Waals surface area contributed by atoms with Crippen molar-refractivity contribution in [2.24, 2.45) is 5.84 Å². The van der Waals surface area contributed by atoms with E-state index in [9.17, 15) is 0 Å². The van der Waals surface area contributed by atoms with Crippen LogP contribution in [0.4, 0.5) is 5.82 Å². The molecule has 0 aliphatic carbocycles. The third-order valence-corrected chi connectivity index (χ3v) is 3.88. The third-order valence-electron chi connectivity index (χ3n) is 2.42. The maximum Gasteiger partial charge on any atom is 0.144 e. The highest BCUT2D eigenvalue weighted by Gasteiger charge is 2.08. The Balaban J connectivity index is 2.28. The normalized spacial score (nSPS) is 10.8. The van der Waals surface area contributed by atoms with E-state index in [1.807, 2.05) is 30.3 Å². The van der Waals surface area contributed by atoms with Crippen molar-refractivity contribution in [3.8, 4) is 0 Å². The Morgan fingerprint density at radius 3 is 2.47 bits per heavy atom. The Kier molecular flexibility index (Phi) is 4.79. The van der Waals surface area contributed by atoms with Crippen LogP contribution in [-0.4, -0.2) is 9.97 Å². The topological polar surface area (TPSA) is 63.8 Å². The summed E-state index contributed by atoms with van der Waals surface area (Å²) in [6.45, 7) is 4.12. The predicted octanol–water partition coefficient (Wildman–Crippen LogP) is 3.80. The largest absolute Gasteiger partial charge is 0.308 e. The monoisotopic (exact) mass is 338 g/mol. The summed E-state index contributed by atoms with van der Waals surface area (Å²) in [7, 11) is 0. The van der Waals surface area contributed by atoms with Gasteiger partial charge in [-0.15, -0.1) is 0 Å². The summed E-state index contributed by atoms with van der Waals surface area (Å²) in [5.74, 6) is 7.13. The Labute approximate surface area is 125 Å². The van der Waals surface area contributed by atoms with Gasteiger partial charge in [0.25, 0.3) is 0 Å². The summed E-state index contributed by atoms with van der Waals surface area (Å²) < 4.78 is 1.06. The fourth-order valence-electron chi connectivity index (χ4n) is 1.45. The molecule has 0 amide bonds. The summed E-state index contributed by atoms with van der Waals surface area (Å²) in [6, 6.07) is 9.95. The van der Waals surface area contributed by atoms with Gasteiger partial charge in [0.15, 0.2) is 0 Å². The molecule has 0 saturated carbocycles.